The molecule has 0 heterocycles. The fraction of sp³-hybridized carbons (Fsp3) is 0.222. The van der Waals surface area contributed by atoms with Gasteiger partial charge in [-0.15, -0.1) is 0 Å². The number of rotatable bonds is 3. The summed E-state index contributed by atoms with van der Waals surface area (Å²) in [4.78, 5) is 4.49. The molecule has 0 saturated carbocycles. The molecule has 0 aliphatic heterocycles. The summed E-state index contributed by atoms with van der Waals surface area (Å²) in [6, 6.07) is 7.41. The summed E-state index contributed by atoms with van der Waals surface area (Å²) in [5, 5.41) is 3.51. The molecule has 12 heavy (non-hydrogen) atoms. The van der Waals surface area contributed by atoms with Crippen LogP contribution in [0.15, 0.2) is 29.4 Å². The van der Waals surface area contributed by atoms with Crippen molar-refractivity contribution in [2.75, 3.05) is 14.2 Å². The van der Waals surface area contributed by atoms with Crippen LogP contribution < -0.4 is 4.74 Å². The quantitative estimate of drug-likeness (QED) is 0.501. The third kappa shape index (κ3) is 2.27. The van der Waals surface area contributed by atoms with Crippen LogP contribution in [0.25, 0.3) is 0 Å². The molecule has 1 radical (unpaired) electrons. The van der Waals surface area contributed by atoms with Crippen molar-refractivity contribution < 1.29 is 9.57 Å². The van der Waals surface area contributed by atoms with Gasteiger partial charge in [0.2, 0.25) is 0 Å². The lowest BCUT2D eigenvalue weighted by atomic mass is 10.2. The molecule has 1 rings (SSSR count). The lowest BCUT2D eigenvalue weighted by Gasteiger charge is -1.98. The molecular formula is C9H10NO2. The largest absolute Gasteiger partial charge is 0.497 e. The number of ether oxygens (including phenoxy) is 1. The molecule has 0 amide bonds. The maximum atomic E-state index is 5.01. The number of methoxy groups -OCH3 is 1. The Morgan fingerprint density at radius 3 is 2.83 bits per heavy atom. The van der Waals surface area contributed by atoms with Crippen LogP contribution in [0.5, 0.6) is 5.75 Å². The maximum absolute atomic E-state index is 5.01. The fourth-order valence-electron chi connectivity index (χ4n) is 0.791. The van der Waals surface area contributed by atoms with Gasteiger partial charge in [0.1, 0.15) is 19.1 Å². The predicted octanol–water partition coefficient (Wildman–Crippen LogP) is 1.55. The van der Waals surface area contributed by atoms with Gasteiger partial charge in [-0.25, -0.2) is 0 Å². The fourth-order valence-corrected chi connectivity index (χ4v) is 0.791. The second-order valence-corrected chi connectivity index (χ2v) is 2.12. The van der Waals surface area contributed by atoms with Crippen molar-refractivity contribution in [3.63, 3.8) is 0 Å². The monoisotopic (exact) mass is 164 g/mol. The molecule has 0 atom stereocenters. The zero-order valence-electron chi connectivity index (χ0n) is 7.07. The Morgan fingerprint density at radius 2 is 2.17 bits per heavy atom. The first-order chi connectivity index (χ1) is 5.86. The molecule has 0 bridgehead atoms. The lowest BCUT2D eigenvalue weighted by molar-refractivity contribution is 0.215. The van der Waals surface area contributed by atoms with Gasteiger partial charge in [-0.3, -0.25) is 0 Å². The van der Waals surface area contributed by atoms with Gasteiger partial charge in [-0.1, -0.05) is 17.3 Å². The third-order valence-electron chi connectivity index (χ3n) is 1.34. The van der Waals surface area contributed by atoms with E-state index in [4.69, 9.17) is 4.74 Å². The highest BCUT2D eigenvalue weighted by atomic mass is 16.6. The summed E-state index contributed by atoms with van der Waals surface area (Å²) in [5.41, 5.74) is 0.830. The Morgan fingerprint density at radius 1 is 1.33 bits per heavy atom. The first-order valence-corrected chi connectivity index (χ1v) is 3.50. The zero-order valence-corrected chi connectivity index (χ0v) is 7.07. The molecule has 0 unspecified atom stereocenters. The molecule has 3 nitrogen and oxygen atoms in total. The van der Waals surface area contributed by atoms with Gasteiger partial charge in [0, 0.05) is 5.56 Å². The Kier molecular flexibility index (Phi) is 3.14. The van der Waals surface area contributed by atoms with E-state index in [1.54, 1.807) is 7.11 Å². The van der Waals surface area contributed by atoms with Crippen molar-refractivity contribution >= 4 is 6.21 Å². The van der Waals surface area contributed by atoms with Crippen molar-refractivity contribution in [3.8, 4) is 5.75 Å². The van der Waals surface area contributed by atoms with Gasteiger partial charge < -0.3 is 9.57 Å². The van der Waals surface area contributed by atoms with Crippen molar-refractivity contribution in [3.05, 3.63) is 29.8 Å². The van der Waals surface area contributed by atoms with E-state index < -0.39 is 0 Å². The van der Waals surface area contributed by atoms with Crippen molar-refractivity contribution in [1.82, 2.24) is 0 Å². The van der Waals surface area contributed by atoms with E-state index in [2.05, 4.69) is 16.2 Å². The third-order valence-corrected chi connectivity index (χ3v) is 1.34. The van der Waals surface area contributed by atoms with Gasteiger partial charge >= 0.3 is 0 Å². The van der Waals surface area contributed by atoms with Crippen molar-refractivity contribution in [1.29, 1.82) is 0 Å². The lowest BCUT2D eigenvalue weighted by Crippen LogP contribution is -1.85. The number of hydrogen-bond acceptors (Lipinski definition) is 3. The first-order valence-electron chi connectivity index (χ1n) is 3.50. The molecule has 0 saturated heterocycles. The van der Waals surface area contributed by atoms with E-state index in [9.17, 15) is 0 Å². The average molecular weight is 164 g/mol. The molecule has 0 N–H and O–H groups in total. The first kappa shape index (κ1) is 8.59. The predicted molar refractivity (Wildman–Crippen MR) is 46.5 cm³/mol. The van der Waals surface area contributed by atoms with Gasteiger partial charge in [0.25, 0.3) is 0 Å². The molecular weight excluding hydrogens is 154 g/mol. The molecule has 0 spiro atoms. The van der Waals surface area contributed by atoms with Crippen LogP contribution in [0.1, 0.15) is 5.56 Å². The summed E-state index contributed by atoms with van der Waals surface area (Å²) >= 11 is 0. The molecule has 63 valence electrons. The highest BCUT2D eigenvalue weighted by Gasteiger charge is 1.91. The topological polar surface area (TPSA) is 30.8 Å². The van der Waals surface area contributed by atoms with E-state index in [0.717, 1.165) is 11.3 Å². The summed E-state index contributed by atoms with van der Waals surface area (Å²) in [6.45, 7) is 0. The molecule has 3 heteroatoms. The van der Waals surface area contributed by atoms with Crippen LogP contribution in [0.4, 0.5) is 0 Å². The second-order valence-electron chi connectivity index (χ2n) is 2.12. The van der Waals surface area contributed by atoms with E-state index in [-0.39, 0.29) is 0 Å². The Bertz CT molecular complexity index is 271. The molecule has 1 aromatic carbocycles. The minimum absolute atomic E-state index is 0.784. The Hall–Kier alpha value is -1.51. The molecule has 1 aromatic rings. The normalized spacial score (nSPS) is 10.2. The highest BCUT2D eigenvalue weighted by Crippen LogP contribution is 2.10. The molecule has 0 aliphatic rings. The summed E-state index contributed by atoms with van der Waals surface area (Å²) in [5.74, 6) is 0.784. The van der Waals surface area contributed by atoms with Gasteiger partial charge in [-0.05, 0) is 12.1 Å². The minimum atomic E-state index is 0.784. The van der Waals surface area contributed by atoms with Crippen LogP contribution in [-0.4, -0.2) is 20.4 Å². The SMILES string of the molecule is CO/N=[C]\c1cccc(OC)c1. The highest BCUT2D eigenvalue weighted by molar-refractivity contribution is 5.79. The summed E-state index contributed by atoms with van der Waals surface area (Å²) in [7, 11) is 3.10. The van der Waals surface area contributed by atoms with Gasteiger partial charge in [0.05, 0.1) is 7.11 Å². The molecule has 0 fully saturated rings. The van der Waals surface area contributed by atoms with E-state index in [1.807, 2.05) is 24.3 Å². The van der Waals surface area contributed by atoms with Crippen LogP contribution in [-0.2, 0) is 4.84 Å². The van der Waals surface area contributed by atoms with E-state index >= 15 is 0 Å². The standard InChI is InChI=1S/C9H10NO2/c1-11-9-5-3-4-8(6-9)7-10-12-2/h3-6H,1-2H3. The smallest absolute Gasteiger partial charge is 0.139 e. The van der Waals surface area contributed by atoms with E-state index in [1.165, 1.54) is 7.11 Å². The number of benzene rings is 1. The maximum Gasteiger partial charge on any atom is 0.139 e. The van der Waals surface area contributed by atoms with Crippen molar-refractivity contribution in [2.24, 2.45) is 5.16 Å². The Labute approximate surface area is 71.6 Å². The van der Waals surface area contributed by atoms with Crippen LogP contribution >= 0.6 is 0 Å². The number of hydrogen-bond donors (Lipinski definition) is 0. The van der Waals surface area contributed by atoms with Crippen LogP contribution in [0.2, 0.25) is 0 Å². The van der Waals surface area contributed by atoms with Crippen molar-refractivity contribution in [2.45, 2.75) is 0 Å². The van der Waals surface area contributed by atoms with Gasteiger partial charge in [-0.2, -0.15) is 0 Å². The summed E-state index contributed by atoms with van der Waals surface area (Å²) < 4.78 is 5.01. The number of nitrogens with zero attached hydrogens (tertiary/aromatic N) is 1. The van der Waals surface area contributed by atoms with E-state index in [0.29, 0.717) is 0 Å². The average Bonchev–Trinajstić information content (AvgIpc) is 2.15. The molecule has 0 aliphatic carbocycles. The Balaban J connectivity index is 2.79. The summed E-state index contributed by atoms with van der Waals surface area (Å²) in [6.07, 6.45) is 2.69. The van der Waals surface area contributed by atoms with Crippen LogP contribution in [0.3, 0.4) is 0 Å². The second kappa shape index (κ2) is 4.38. The zero-order chi connectivity index (χ0) is 8.81. The van der Waals surface area contributed by atoms with Crippen LogP contribution in [0, 0.1) is 0 Å². The van der Waals surface area contributed by atoms with Gasteiger partial charge in [0.15, 0.2) is 0 Å². The minimum Gasteiger partial charge on any atom is -0.497 e. The molecule has 0 aromatic heterocycles.